The average Bonchev–Trinajstić information content (AvgIpc) is 2.30. The van der Waals surface area contributed by atoms with Gasteiger partial charge in [0.15, 0.2) is 0 Å². The fourth-order valence-corrected chi connectivity index (χ4v) is 1.49. The SMILES string of the molecule is CC(=O)NCCC=Cc1cc(C(=O)O)ccc1C. The normalized spacial score (nSPS) is 10.6. The lowest BCUT2D eigenvalue weighted by molar-refractivity contribution is -0.118. The molecule has 0 aliphatic carbocycles. The van der Waals surface area contributed by atoms with Crippen LogP contribution in [0.5, 0.6) is 0 Å². The van der Waals surface area contributed by atoms with Crippen LogP contribution in [0.4, 0.5) is 0 Å². The maximum Gasteiger partial charge on any atom is 0.335 e. The lowest BCUT2D eigenvalue weighted by atomic mass is 10.0. The molecule has 0 saturated carbocycles. The van der Waals surface area contributed by atoms with E-state index in [9.17, 15) is 9.59 Å². The highest BCUT2D eigenvalue weighted by molar-refractivity contribution is 5.88. The van der Waals surface area contributed by atoms with E-state index in [0.717, 1.165) is 17.5 Å². The number of benzene rings is 1. The van der Waals surface area contributed by atoms with Gasteiger partial charge in [-0.05, 0) is 36.6 Å². The van der Waals surface area contributed by atoms with Crippen molar-refractivity contribution in [2.24, 2.45) is 0 Å². The summed E-state index contributed by atoms with van der Waals surface area (Å²) in [6.45, 7) is 3.99. The van der Waals surface area contributed by atoms with Gasteiger partial charge in [0, 0.05) is 13.5 Å². The fourth-order valence-electron chi connectivity index (χ4n) is 1.49. The Labute approximate surface area is 106 Å². The van der Waals surface area contributed by atoms with Crippen LogP contribution in [0, 0.1) is 6.92 Å². The number of nitrogens with one attached hydrogen (secondary N) is 1. The van der Waals surface area contributed by atoms with Gasteiger partial charge >= 0.3 is 5.97 Å². The topological polar surface area (TPSA) is 66.4 Å². The molecule has 0 bridgehead atoms. The minimum absolute atomic E-state index is 0.0487. The van der Waals surface area contributed by atoms with Crippen LogP contribution in [0.3, 0.4) is 0 Å². The largest absolute Gasteiger partial charge is 0.478 e. The molecule has 0 heterocycles. The van der Waals surface area contributed by atoms with Crippen molar-refractivity contribution < 1.29 is 14.7 Å². The van der Waals surface area contributed by atoms with E-state index >= 15 is 0 Å². The molecule has 0 fully saturated rings. The second kappa shape index (κ2) is 6.59. The van der Waals surface area contributed by atoms with Gasteiger partial charge in [0.05, 0.1) is 5.56 Å². The molecule has 0 atom stereocenters. The molecule has 1 aromatic carbocycles. The second-order valence-electron chi connectivity index (χ2n) is 4.05. The number of carboxylic acid groups (broad SMARTS) is 1. The van der Waals surface area contributed by atoms with Gasteiger partial charge in [-0.2, -0.15) is 0 Å². The molecule has 2 N–H and O–H groups in total. The number of carboxylic acids is 1. The van der Waals surface area contributed by atoms with Crippen LogP contribution in [0.15, 0.2) is 24.3 Å². The molecular weight excluding hydrogens is 230 g/mol. The van der Waals surface area contributed by atoms with Crippen LogP contribution in [-0.2, 0) is 4.79 Å². The van der Waals surface area contributed by atoms with Gasteiger partial charge in [-0.15, -0.1) is 0 Å². The van der Waals surface area contributed by atoms with Gasteiger partial charge in [0.25, 0.3) is 0 Å². The molecule has 1 amide bonds. The number of amides is 1. The molecule has 0 saturated heterocycles. The van der Waals surface area contributed by atoms with Crippen LogP contribution in [0.1, 0.15) is 34.8 Å². The first-order valence-corrected chi connectivity index (χ1v) is 5.75. The van der Waals surface area contributed by atoms with Gasteiger partial charge in [-0.1, -0.05) is 18.2 Å². The summed E-state index contributed by atoms with van der Waals surface area (Å²) in [6, 6.07) is 5.02. The monoisotopic (exact) mass is 247 g/mol. The molecule has 0 aliphatic rings. The zero-order valence-electron chi connectivity index (χ0n) is 10.6. The summed E-state index contributed by atoms with van der Waals surface area (Å²) < 4.78 is 0. The predicted octanol–water partition coefficient (Wildman–Crippen LogP) is 2.23. The summed E-state index contributed by atoms with van der Waals surface area (Å²) in [5, 5.41) is 11.6. The zero-order valence-corrected chi connectivity index (χ0v) is 10.6. The molecule has 1 aromatic rings. The van der Waals surface area contributed by atoms with Crippen molar-refractivity contribution in [3.8, 4) is 0 Å². The van der Waals surface area contributed by atoms with E-state index in [1.807, 2.05) is 19.1 Å². The average molecular weight is 247 g/mol. The number of carbonyl (C=O) groups is 2. The first-order chi connectivity index (χ1) is 8.50. The lowest BCUT2D eigenvalue weighted by Gasteiger charge is -2.02. The van der Waals surface area contributed by atoms with E-state index in [1.165, 1.54) is 6.92 Å². The summed E-state index contributed by atoms with van der Waals surface area (Å²) in [5.41, 5.74) is 2.19. The molecule has 96 valence electrons. The number of hydrogen-bond donors (Lipinski definition) is 2. The van der Waals surface area contributed by atoms with E-state index in [1.54, 1.807) is 18.2 Å². The Hall–Kier alpha value is -2.10. The predicted molar refractivity (Wildman–Crippen MR) is 70.5 cm³/mol. The van der Waals surface area contributed by atoms with Crippen LogP contribution in [-0.4, -0.2) is 23.5 Å². The van der Waals surface area contributed by atoms with Gasteiger partial charge in [0.2, 0.25) is 5.91 Å². The fraction of sp³-hybridized carbons (Fsp3) is 0.286. The first kappa shape index (κ1) is 14.0. The van der Waals surface area contributed by atoms with E-state index in [2.05, 4.69) is 5.32 Å². The molecule has 0 unspecified atom stereocenters. The van der Waals surface area contributed by atoms with Crippen molar-refractivity contribution in [3.05, 3.63) is 41.0 Å². The van der Waals surface area contributed by atoms with E-state index in [-0.39, 0.29) is 11.5 Å². The molecule has 0 aromatic heterocycles. The Morgan fingerprint density at radius 3 is 2.72 bits per heavy atom. The Morgan fingerprint density at radius 2 is 2.11 bits per heavy atom. The van der Waals surface area contributed by atoms with Crippen molar-refractivity contribution in [1.29, 1.82) is 0 Å². The van der Waals surface area contributed by atoms with Crippen molar-refractivity contribution in [3.63, 3.8) is 0 Å². The molecule has 4 heteroatoms. The Bertz CT molecular complexity index is 478. The van der Waals surface area contributed by atoms with E-state index in [0.29, 0.717) is 6.54 Å². The summed E-state index contributed by atoms with van der Waals surface area (Å²) in [6.07, 6.45) is 4.52. The number of hydrogen-bond acceptors (Lipinski definition) is 2. The zero-order chi connectivity index (χ0) is 13.5. The van der Waals surface area contributed by atoms with Crippen LogP contribution < -0.4 is 5.32 Å². The third-order valence-corrected chi connectivity index (χ3v) is 2.51. The minimum atomic E-state index is -0.928. The summed E-state index contributed by atoms with van der Waals surface area (Å²) in [7, 11) is 0. The van der Waals surface area contributed by atoms with Gasteiger partial charge in [-0.3, -0.25) is 4.79 Å². The summed E-state index contributed by atoms with van der Waals surface area (Å²) in [5.74, 6) is -0.977. The quantitative estimate of drug-likeness (QED) is 0.784. The summed E-state index contributed by atoms with van der Waals surface area (Å²) in [4.78, 5) is 21.5. The third kappa shape index (κ3) is 4.41. The maximum atomic E-state index is 10.8. The first-order valence-electron chi connectivity index (χ1n) is 5.75. The van der Waals surface area contributed by atoms with Crippen molar-refractivity contribution in [2.45, 2.75) is 20.3 Å². The summed E-state index contributed by atoms with van der Waals surface area (Å²) >= 11 is 0. The molecule has 18 heavy (non-hydrogen) atoms. The van der Waals surface area contributed by atoms with Gasteiger partial charge in [-0.25, -0.2) is 4.79 Å². The van der Waals surface area contributed by atoms with Crippen LogP contribution in [0.25, 0.3) is 6.08 Å². The molecule has 0 aliphatic heterocycles. The second-order valence-corrected chi connectivity index (χ2v) is 4.05. The van der Waals surface area contributed by atoms with Crippen molar-refractivity contribution in [2.75, 3.05) is 6.54 Å². The maximum absolute atomic E-state index is 10.8. The highest BCUT2D eigenvalue weighted by Gasteiger charge is 2.03. The van der Waals surface area contributed by atoms with Crippen molar-refractivity contribution >= 4 is 18.0 Å². The van der Waals surface area contributed by atoms with E-state index in [4.69, 9.17) is 5.11 Å². The molecule has 0 radical (unpaired) electrons. The molecule has 4 nitrogen and oxygen atoms in total. The highest BCUT2D eigenvalue weighted by Crippen LogP contribution is 2.13. The van der Waals surface area contributed by atoms with Crippen molar-refractivity contribution in [1.82, 2.24) is 5.32 Å². The molecule has 1 rings (SSSR count). The lowest BCUT2D eigenvalue weighted by Crippen LogP contribution is -2.20. The number of aryl methyl sites for hydroxylation is 1. The Balaban J connectivity index is 2.65. The van der Waals surface area contributed by atoms with Crippen LogP contribution >= 0.6 is 0 Å². The van der Waals surface area contributed by atoms with E-state index < -0.39 is 5.97 Å². The minimum Gasteiger partial charge on any atom is -0.478 e. The number of rotatable bonds is 5. The molecule has 0 spiro atoms. The molecular formula is C14H17NO3. The number of aromatic carboxylic acids is 1. The van der Waals surface area contributed by atoms with Crippen LogP contribution in [0.2, 0.25) is 0 Å². The Morgan fingerprint density at radius 1 is 1.39 bits per heavy atom. The number of carbonyl (C=O) groups excluding carboxylic acids is 1. The standard InChI is InChI=1S/C14H17NO3/c1-10-6-7-13(14(17)18)9-12(10)5-3-4-8-15-11(2)16/h3,5-7,9H,4,8H2,1-2H3,(H,15,16)(H,17,18). The van der Waals surface area contributed by atoms with Gasteiger partial charge < -0.3 is 10.4 Å². The smallest absolute Gasteiger partial charge is 0.335 e. The highest BCUT2D eigenvalue weighted by atomic mass is 16.4. The Kier molecular flexibility index (Phi) is 5.11. The third-order valence-electron chi connectivity index (χ3n) is 2.51. The van der Waals surface area contributed by atoms with Gasteiger partial charge in [0.1, 0.15) is 0 Å².